The van der Waals surface area contributed by atoms with Crippen LogP contribution in [0.25, 0.3) is 0 Å². The Morgan fingerprint density at radius 3 is 2.71 bits per heavy atom. The first-order valence-corrected chi connectivity index (χ1v) is 8.69. The van der Waals surface area contributed by atoms with E-state index < -0.39 is 0 Å². The zero-order valence-corrected chi connectivity index (χ0v) is 14.0. The minimum absolute atomic E-state index is 0.524. The Labute approximate surface area is 129 Å². The molecule has 0 saturated heterocycles. The largest absolute Gasteiger partial charge is 0.354 e. The van der Waals surface area contributed by atoms with E-state index in [-0.39, 0.29) is 0 Å². The van der Waals surface area contributed by atoms with Gasteiger partial charge in [0, 0.05) is 30.4 Å². The summed E-state index contributed by atoms with van der Waals surface area (Å²) in [5.41, 5.74) is 10.0. The van der Waals surface area contributed by atoms with E-state index in [1.807, 2.05) is 0 Å². The molecule has 0 bridgehead atoms. The van der Waals surface area contributed by atoms with Gasteiger partial charge in [-0.1, -0.05) is 20.3 Å². The van der Waals surface area contributed by atoms with Gasteiger partial charge in [-0.25, -0.2) is 4.98 Å². The van der Waals surface area contributed by atoms with Gasteiger partial charge in [-0.3, -0.25) is 0 Å². The molecule has 1 heterocycles. The molecule has 1 aromatic heterocycles. The van der Waals surface area contributed by atoms with Crippen LogP contribution in [0.1, 0.15) is 69.7 Å². The number of rotatable bonds is 7. The van der Waals surface area contributed by atoms with Gasteiger partial charge in [0.15, 0.2) is 0 Å². The second-order valence-electron chi connectivity index (χ2n) is 6.29. The van der Waals surface area contributed by atoms with Crippen LogP contribution >= 0.6 is 0 Å². The highest BCUT2D eigenvalue weighted by Crippen LogP contribution is 2.28. The van der Waals surface area contributed by atoms with Crippen molar-refractivity contribution in [3.05, 3.63) is 22.9 Å². The van der Waals surface area contributed by atoms with Crippen molar-refractivity contribution in [3.8, 4) is 0 Å². The average Bonchev–Trinajstić information content (AvgIpc) is 2.54. The highest BCUT2D eigenvalue weighted by atomic mass is 15.2. The maximum absolute atomic E-state index is 6.03. The van der Waals surface area contributed by atoms with Gasteiger partial charge in [-0.2, -0.15) is 0 Å². The molecule has 0 fully saturated rings. The topological polar surface area (TPSA) is 42.2 Å². The monoisotopic (exact) mass is 289 g/mol. The SMILES string of the molecule is CCCCN(c1nc2c(cc1CN)CCCC2)C(C)CC. The lowest BCUT2D eigenvalue weighted by atomic mass is 9.94. The van der Waals surface area contributed by atoms with Gasteiger partial charge < -0.3 is 10.6 Å². The summed E-state index contributed by atoms with van der Waals surface area (Å²) < 4.78 is 0. The Kier molecular flexibility index (Phi) is 6.04. The van der Waals surface area contributed by atoms with Crippen LogP contribution in [-0.2, 0) is 19.4 Å². The minimum atomic E-state index is 0.524. The first kappa shape index (κ1) is 16.3. The lowest BCUT2D eigenvalue weighted by Gasteiger charge is -2.32. The van der Waals surface area contributed by atoms with Gasteiger partial charge in [0.05, 0.1) is 0 Å². The first-order valence-electron chi connectivity index (χ1n) is 8.69. The number of hydrogen-bond donors (Lipinski definition) is 1. The zero-order chi connectivity index (χ0) is 15.2. The van der Waals surface area contributed by atoms with Crippen molar-refractivity contribution >= 4 is 5.82 Å². The van der Waals surface area contributed by atoms with Crippen molar-refractivity contribution in [2.24, 2.45) is 5.73 Å². The maximum atomic E-state index is 6.03. The van der Waals surface area contributed by atoms with Crippen LogP contribution in [-0.4, -0.2) is 17.6 Å². The summed E-state index contributed by atoms with van der Waals surface area (Å²) in [5, 5.41) is 0. The van der Waals surface area contributed by atoms with Crippen LogP contribution in [0.3, 0.4) is 0 Å². The smallest absolute Gasteiger partial charge is 0.133 e. The Morgan fingerprint density at radius 1 is 1.29 bits per heavy atom. The summed E-state index contributed by atoms with van der Waals surface area (Å²) in [6.07, 6.45) is 8.46. The molecule has 0 spiro atoms. The number of unbranched alkanes of at least 4 members (excludes halogenated alkanes) is 1. The third-order valence-electron chi connectivity index (χ3n) is 4.72. The highest BCUT2D eigenvalue weighted by molar-refractivity contribution is 5.51. The van der Waals surface area contributed by atoms with Crippen molar-refractivity contribution < 1.29 is 0 Å². The van der Waals surface area contributed by atoms with E-state index in [0.29, 0.717) is 12.6 Å². The summed E-state index contributed by atoms with van der Waals surface area (Å²) in [4.78, 5) is 7.54. The van der Waals surface area contributed by atoms with E-state index in [4.69, 9.17) is 10.7 Å². The average molecular weight is 289 g/mol. The molecule has 0 saturated carbocycles. The van der Waals surface area contributed by atoms with Crippen molar-refractivity contribution in [3.63, 3.8) is 0 Å². The number of aromatic nitrogens is 1. The second-order valence-corrected chi connectivity index (χ2v) is 6.29. The maximum Gasteiger partial charge on any atom is 0.133 e. The predicted molar refractivity (Wildman–Crippen MR) is 90.8 cm³/mol. The lowest BCUT2D eigenvalue weighted by Crippen LogP contribution is -2.35. The fourth-order valence-corrected chi connectivity index (χ4v) is 3.15. The quantitative estimate of drug-likeness (QED) is 0.829. The molecule has 0 aromatic carbocycles. The number of fused-ring (bicyclic) bond motifs is 1. The fourth-order valence-electron chi connectivity index (χ4n) is 3.15. The van der Waals surface area contributed by atoms with Crippen LogP contribution in [0, 0.1) is 0 Å². The van der Waals surface area contributed by atoms with Crippen LogP contribution in [0.15, 0.2) is 6.07 Å². The van der Waals surface area contributed by atoms with E-state index in [1.165, 1.54) is 48.9 Å². The Balaban J connectivity index is 2.37. The normalized spacial score (nSPS) is 15.6. The van der Waals surface area contributed by atoms with E-state index >= 15 is 0 Å². The molecule has 3 nitrogen and oxygen atoms in total. The molecule has 118 valence electrons. The molecule has 0 amide bonds. The number of anilines is 1. The number of nitrogens with two attached hydrogens (primary N) is 1. The zero-order valence-electron chi connectivity index (χ0n) is 14.0. The predicted octanol–water partition coefficient (Wildman–Crippen LogP) is 3.82. The molecule has 1 aliphatic carbocycles. The van der Waals surface area contributed by atoms with E-state index in [2.05, 4.69) is 31.7 Å². The first-order chi connectivity index (χ1) is 10.2. The lowest BCUT2D eigenvalue weighted by molar-refractivity contribution is 0.582. The van der Waals surface area contributed by atoms with Gasteiger partial charge in [-0.05, 0) is 57.1 Å². The number of aryl methyl sites for hydroxylation is 2. The molecule has 2 rings (SSSR count). The van der Waals surface area contributed by atoms with Gasteiger partial charge in [-0.15, -0.1) is 0 Å². The van der Waals surface area contributed by atoms with Gasteiger partial charge in [0.1, 0.15) is 5.82 Å². The van der Waals surface area contributed by atoms with Crippen LogP contribution in [0.4, 0.5) is 5.82 Å². The fraction of sp³-hybridized carbons (Fsp3) is 0.722. The Hall–Kier alpha value is -1.09. The summed E-state index contributed by atoms with van der Waals surface area (Å²) >= 11 is 0. The highest BCUT2D eigenvalue weighted by Gasteiger charge is 2.20. The molecule has 0 aliphatic heterocycles. The Morgan fingerprint density at radius 2 is 2.05 bits per heavy atom. The minimum Gasteiger partial charge on any atom is -0.354 e. The summed E-state index contributed by atoms with van der Waals surface area (Å²) in [6.45, 7) is 8.49. The molecule has 0 radical (unpaired) electrons. The van der Waals surface area contributed by atoms with Gasteiger partial charge in [0.2, 0.25) is 0 Å². The molecule has 1 atom stereocenters. The van der Waals surface area contributed by atoms with Crippen molar-refractivity contribution in [1.29, 1.82) is 0 Å². The molecular formula is C18H31N3. The van der Waals surface area contributed by atoms with Crippen LogP contribution in [0.2, 0.25) is 0 Å². The molecule has 21 heavy (non-hydrogen) atoms. The number of nitrogens with zero attached hydrogens (tertiary/aromatic N) is 2. The number of hydrogen-bond acceptors (Lipinski definition) is 3. The van der Waals surface area contributed by atoms with Gasteiger partial charge >= 0.3 is 0 Å². The van der Waals surface area contributed by atoms with Crippen molar-refractivity contribution in [2.75, 3.05) is 11.4 Å². The van der Waals surface area contributed by atoms with E-state index in [0.717, 1.165) is 25.2 Å². The molecular weight excluding hydrogens is 258 g/mol. The molecule has 2 N–H and O–H groups in total. The van der Waals surface area contributed by atoms with E-state index in [1.54, 1.807) is 0 Å². The third kappa shape index (κ3) is 3.76. The second kappa shape index (κ2) is 7.79. The van der Waals surface area contributed by atoms with Crippen molar-refractivity contribution in [1.82, 2.24) is 4.98 Å². The van der Waals surface area contributed by atoms with Crippen LogP contribution in [0.5, 0.6) is 0 Å². The number of pyridine rings is 1. The Bertz CT molecular complexity index is 456. The summed E-state index contributed by atoms with van der Waals surface area (Å²) in [6, 6.07) is 2.86. The summed E-state index contributed by atoms with van der Waals surface area (Å²) in [5.74, 6) is 1.15. The molecule has 1 unspecified atom stereocenters. The third-order valence-corrected chi connectivity index (χ3v) is 4.72. The molecule has 1 aromatic rings. The van der Waals surface area contributed by atoms with E-state index in [9.17, 15) is 0 Å². The van der Waals surface area contributed by atoms with Gasteiger partial charge in [0.25, 0.3) is 0 Å². The van der Waals surface area contributed by atoms with Crippen LogP contribution < -0.4 is 10.6 Å². The van der Waals surface area contributed by atoms with Crippen molar-refractivity contribution in [2.45, 2.75) is 78.3 Å². The summed E-state index contributed by atoms with van der Waals surface area (Å²) in [7, 11) is 0. The standard InChI is InChI=1S/C18H31N3/c1-4-6-11-21(14(3)5-2)18-16(13-19)12-15-9-7-8-10-17(15)20-18/h12,14H,4-11,13,19H2,1-3H3. The molecule has 3 heteroatoms. The molecule has 1 aliphatic rings.